The van der Waals surface area contributed by atoms with E-state index in [1.165, 1.54) is 5.56 Å². The van der Waals surface area contributed by atoms with Crippen LogP contribution in [0.2, 0.25) is 0 Å². The maximum Gasteiger partial charge on any atom is 0.130 e. The third-order valence-corrected chi connectivity index (χ3v) is 2.90. The van der Waals surface area contributed by atoms with E-state index in [2.05, 4.69) is 23.0 Å². The van der Waals surface area contributed by atoms with Gasteiger partial charge in [0.1, 0.15) is 11.6 Å². The first kappa shape index (κ1) is 13.5. The zero-order valence-electron chi connectivity index (χ0n) is 11.6. The maximum atomic E-state index is 5.57. The molecule has 19 heavy (non-hydrogen) atoms. The molecule has 0 aliphatic rings. The van der Waals surface area contributed by atoms with E-state index in [4.69, 9.17) is 10.5 Å². The van der Waals surface area contributed by atoms with Crippen LogP contribution in [-0.2, 0) is 6.42 Å². The Morgan fingerprint density at radius 3 is 2.63 bits per heavy atom. The normalized spacial score (nSPS) is 10.5. The lowest BCUT2D eigenvalue weighted by atomic mass is 10.1. The molecule has 0 spiro atoms. The van der Waals surface area contributed by atoms with E-state index in [1.54, 1.807) is 7.11 Å². The minimum absolute atomic E-state index is 0.549. The second-order valence-corrected chi connectivity index (χ2v) is 4.55. The van der Waals surface area contributed by atoms with Crippen molar-refractivity contribution in [1.82, 2.24) is 9.97 Å². The summed E-state index contributed by atoms with van der Waals surface area (Å²) in [7, 11) is 1.67. The van der Waals surface area contributed by atoms with Gasteiger partial charge in [-0.25, -0.2) is 9.97 Å². The predicted octanol–water partition coefficient (Wildman–Crippen LogP) is 2.27. The lowest BCUT2D eigenvalue weighted by molar-refractivity contribution is 0.416. The van der Waals surface area contributed by atoms with Gasteiger partial charge >= 0.3 is 0 Å². The smallest absolute Gasteiger partial charge is 0.130 e. The lowest BCUT2D eigenvalue weighted by Gasteiger charge is -2.10. The Hall–Kier alpha value is -1.94. The maximum absolute atomic E-state index is 5.57. The van der Waals surface area contributed by atoms with Crippen LogP contribution in [0.3, 0.4) is 0 Å². The first-order valence-corrected chi connectivity index (χ1v) is 6.33. The minimum Gasteiger partial charge on any atom is -0.496 e. The molecule has 0 aliphatic carbocycles. The second-order valence-electron chi connectivity index (χ2n) is 4.55. The Balaban J connectivity index is 2.54. The van der Waals surface area contributed by atoms with Crippen LogP contribution in [0.5, 0.6) is 5.75 Å². The molecular formula is C15H19N3O. The summed E-state index contributed by atoms with van der Waals surface area (Å²) in [6.07, 6.45) is 0.683. The van der Waals surface area contributed by atoms with Crippen LogP contribution >= 0.6 is 0 Å². The molecule has 1 aromatic carbocycles. The molecule has 0 aliphatic heterocycles. The topological polar surface area (TPSA) is 61.0 Å². The average Bonchev–Trinajstić information content (AvgIpc) is 2.38. The summed E-state index contributed by atoms with van der Waals surface area (Å²) in [4.78, 5) is 8.97. The third kappa shape index (κ3) is 3.09. The van der Waals surface area contributed by atoms with Crippen LogP contribution in [0.15, 0.2) is 24.3 Å². The largest absolute Gasteiger partial charge is 0.496 e. The number of nitrogens with two attached hydrogens (primary N) is 1. The fourth-order valence-electron chi connectivity index (χ4n) is 2.03. The molecule has 0 amide bonds. The van der Waals surface area contributed by atoms with Crippen molar-refractivity contribution >= 4 is 0 Å². The fourth-order valence-corrected chi connectivity index (χ4v) is 2.03. The summed E-state index contributed by atoms with van der Waals surface area (Å²) in [5.41, 5.74) is 9.57. The summed E-state index contributed by atoms with van der Waals surface area (Å²) >= 11 is 0. The van der Waals surface area contributed by atoms with Gasteiger partial charge in [-0.1, -0.05) is 11.6 Å². The van der Waals surface area contributed by atoms with Crippen LogP contribution in [0.1, 0.15) is 17.1 Å². The minimum atomic E-state index is 0.549. The molecule has 2 aromatic rings. The molecule has 0 bridgehead atoms. The summed E-state index contributed by atoms with van der Waals surface area (Å²) in [6, 6.07) is 8.03. The molecule has 4 heteroatoms. The number of nitrogens with zero attached hydrogens (tertiary/aromatic N) is 2. The number of benzene rings is 1. The van der Waals surface area contributed by atoms with E-state index in [-0.39, 0.29) is 0 Å². The molecule has 0 fully saturated rings. The molecule has 0 atom stereocenters. The monoisotopic (exact) mass is 257 g/mol. The molecule has 0 saturated heterocycles. The zero-order chi connectivity index (χ0) is 13.8. The highest BCUT2D eigenvalue weighted by molar-refractivity contribution is 5.68. The molecule has 0 radical (unpaired) electrons. The summed E-state index contributed by atoms with van der Waals surface area (Å²) < 4.78 is 5.41. The van der Waals surface area contributed by atoms with Gasteiger partial charge in [-0.05, 0) is 38.6 Å². The molecule has 1 aromatic heterocycles. The van der Waals surface area contributed by atoms with Gasteiger partial charge in [-0.3, -0.25) is 0 Å². The number of aryl methyl sites for hydroxylation is 2. The van der Waals surface area contributed by atoms with E-state index in [0.717, 1.165) is 28.5 Å². The van der Waals surface area contributed by atoms with Crippen molar-refractivity contribution in [3.63, 3.8) is 0 Å². The zero-order valence-corrected chi connectivity index (χ0v) is 11.6. The number of rotatable bonds is 4. The number of hydrogen-bond acceptors (Lipinski definition) is 4. The van der Waals surface area contributed by atoms with Crippen LogP contribution in [0.4, 0.5) is 0 Å². The van der Waals surface area contributed by atoms with Crippen LogP contribution in [0.25, 0.3) is 11.3 Å². The van der Waals surface area contributed by atoms with Crippen molar-refractivity contribution in [2.75, 3.05) is 13.7 Å². The number of ether oxygens (including phenoxy) is 1. The summed E-state index contributed by atoms with van der Waals surface area (Å²) in [5, 5.41) is 0. The molecule has 100 valence electrons. The van der Waals surface area contributed by atoms with Gasteiger partial charge in [-0.15, -0.1) is 0 Å². The van der Waals surface area contributed by atoms with Crippen molar-refractivity contribution in [2.24, 2.45) is 5.73 Å². The fraction of sp³-hybridized carbons (Fsp3) is 0.333. The van der Waals surface area contributed by atoms with E-state index in [1.807, 2.05) is 25.1 Å². The third-order valence-electron chi connectivity index (χ3n) is 2.90. The summed E-state index contributed by atoms with van der Waals surface area (Å²) in [5.74, 6) is 1.60. The Bertz CT molecular complexity index is 582. The van der Waals surface area contributed by atoms with Crippen LogP contribution in [0, 0.1) is 13.8 Å². The Morgan fingerprint density at radius 2 is 1.95 bits per heavy atom. The Morgan fingerprint density at radius 1 is 1.16 bits per heavy atom. The lowest BCUT2D eigenvalue weighted by Crippen LogP contribution is -2.08. The van der Waals surface area contributed by atoms with Gasteiger partial charge in [0.25, 0.3) is 0 Å². The van der Waals surface area contributed by atoms with Gasteiger partial charge in [0, 0.05) is 17.7 Å². The van der Waals surface area contributed by atoms with Crippen molar-refractivity contribution in [3.05, 3.63) is 41.3 Å². The molecule has 0 unspecified atom stereocenters. The van der Waals surface area contributed by atoms with E-state index in [9.17, 15) is 0 Å². The molecular weight excluding hydrogens is 238 g/mol. The highest BCUT2D eigenvalue weighted by Gasteiger charge is 2.10. The Kier molecular flexibility index (Phi) is 4.12. The molecule has 4 nitrogen and oxygen atoms in total. The predicted molar refractivity (Wildman–Crippen MR) is 76.3 cm³/mol. The highest BCUT2D eigenvalue weighted by Crippen LogP contribution is 2.29. The second kappa shape index (κ2) is 5.80. The number of hydrogen-bond donors (Lipinski definition) is 1. The standard InChI is InChI=1S/C15H19N3O/c1-10-4-5-14(19-3)12(8-10)13-9-11(2)17-15(18-13)6-7-16/h4-5,8-9H,6-7,16H2,1-3H3. The molecule has 1 heterocycles. The molecule has 2 N–H and O–H groups in total. The van der Waals surface area contributed by atoms with Gasteiger partial charge in [0.2, 0.25) is 0 Å². The highest BCUT2D eigenvalue weighted by atomic mass is 16.5. The van der Waals surface area contributed by atoms with Crippen molar-refractivity contribution < 1.29 is 4.74 Å². The van der Waals surface area contributed by atoms with Crippen molar-refractivity contribution in [3.8, 4) is 17.0 Å². The van der Waals surface area contributed by atoms with Crippen molar-refractivity contribution in [1.29, 1.82) is 0 Å². The van der Waals surface area contributed by atoms with Crippen molar-refractivity contribution in [2.45, 2.75) is 20.3 Å². The first-order valence-electron chi connectivity index (χ1n) is 6.33. The van der Waals surface area contributed by atoms with Crippen LogP contribution < -0.4 is 10.5 Å². The van der Waals surface area contributed by atoms with Gasteiger partial charge in [0.15, 0.2) is 0 Å². The number of aromatic nitrogens is 2. The quantitative estimate of drug-likeness (QED) is 0.912. The first-order chi connectivity index (χ1) is 9.13. The van der Waals surface area contributed by atoms with E-state index in [0.29, 0.717) is 13.0 Å². The van der Waals surface area contributed by atoms with Crippen LogP contribution in [-0.4, -0.2) is 23.6 Å². The summed E-state index contributed by atoms with van der Waals surface area (Å²) in [6.45, 7) is 4.57. The molecule has 2 rings (SSSR count). The van der Waals surface area contributed by atoms with Gasteiger partial charge in [0.05, 0.1) is 12.8 Å². The van der Waals surface area contributed by atoms with E-state index >= 15 is 0 Å². The SMILES string of the molecule is COc1ccc(C)cc1-c1cc(C)nc(CCN)n1. The van der Waals surface area contributed by atoms with Gasteiger partial charge in [-0.2, -0.15) is 0 Å². The average molecular weight is 257 g/mol. The Labute approximate surface area is 113 Å². The number of methoxy groups -OCH3 is 1. The van der Waals surface area contributed by atoms with E-state index < -0.39 is 0 Å². The molecule has 0 saturated carbocycles. The van der Waals surface area contributed by atoms with Gasteiger partial charge < -0.3 is 10.5 Å².